The number of hydrogen-bond donors (Lipinski definition) is 2. The van der Waals surface area contributed by atoms with Crippen LogP contribution in [0.2, 0.25) is 0 Å². The molecule has 0 spiro atoms. The molecule has 2 unspecified atom stereocenters. The van der Waals surface area contributed by atoms with Crippen molar-refractivity contribution < 1.29 is 18.7 Å². The summed E-state index contributed by atoms with van der Waals surface area (Å²) in [5, 5.41) is 9.62. The molecule has 1 aromatic rings. The van der Waals surface area contributed by atoms with Crippen molar-refractivity contribution in [3.8, 4) is 0 Å². The van der Waals surface area contributed by atoms with Gasteiger partial charge >= 0.3 is 5.97 Å². The second-order valence-electron chi connectivity index (χ2n) is 6.55. The van der Waals surface area contributed by atoms with Crippen LogP contribution < -0.4 is 5.73 Å². The quantitative estimate of drug-likeness (QED) is 0.831. The van der Waals surface area contributed by atoms with Gasteiger partial charge in [-0.3, -0.25) is 4.79 Å². The molecule has 21 heavy (non-hydrogen) atoms. The van der Waals surface area contributed by atoms with Gasteiger partial charge in [-0.1, -0.05) is 26.7 Å². The van der Waals surface area contributed by atoms with Crippen LogP contribution in [-0.4, -0.2) is 11.1 Å². The van der Waals surface area contributed by atoms with Crippen LogP contribution >= 0.6 is 0 Å². The lowest BCUT2D eigenvalue weighted by Crippen LogP contribution is -2.36. The minimum Gasteiger partial charge on any atom is -0.481 e. The summed E-state index contributed by atoms with van der Waals surface area (Å²) in [6.07, 6.45) is 3.60. The van der Waals surface area contributed by atoms with Crippen molar-refractivity contribution in [3.63, 3.8) is 0 Å². The van der Waals surface area contributed by atoms with Gasteiger partial charge in [0.25, 0.3) is 0 Å². The van der Waals surface area contributed by atoms with Gasteiger partial charge in [-0.25, -0.2) is 8.78 Å². The number of benzene rings is 1. The predicted molar refractivity (Wildman–Crippen MR) is 76.9 cm³/mol. The lowest BCUT2D eigenvalue weighted by molar-refractivity contribution is -0.142. The van der Waals surface area contributed by atoms with E-state index in [9.17, 15) is 18.7 Å². The Morgan fingerprint density at radius 3 is 2.62 bits per heavy atom. The molecule has 0 bridgehead atoms. The largest absolute Gasteiger partial charge is 0.481 e. The van der Waals surface area contributed by atoms with E-state index in [1.54, 1.807) is 0 Å². The Labute approximate surface area is 123 Å². The molecule has 0 radical (unpaired) electrons. The van der Waals surface area contributed by atoms with Gasteiger partial charge in [0.15, 0.2) is 0 Å². The number of carboxylic acid groups (broad SMARTS) is 1. The highest BCUT2D eigenvalue weighted by Gasteiger charge is 2.42. The molecule has 1 aromatic carbocycles. The van der Waals surface area contributed by atoms with Crippen molar-refractivity contribution in [1.82, 2.24) is 0 Å². The SMILES string of the molecule is CC1(C)CCCCC1C(C(=O)O)c1cc(F)cc(F)c1N. The molecule has 1 saturated carbocycles. The van der Waals surface area contributed by atoms with Crippen LogP contribution in [0.4, 0.5) is 14.5 Å². The smallest absolute Gasteiger partial charge is 0.311 e. The minimum atomic E-state index is -1.08. The van der Waals surface area contributed by atoms with E-state index < -0.39 is 23.5 Å². The number of rotatable bonds is 3. The molecular weight excluding hydrogens is 276 g/mol. The molecule has 1 aliphatic carbocycles. The highest BCUT2D eigenvalue weighted by Crippen LogP contribution is 2.49. The molecule has 0 aliphatic heterocycles. The number of anilines is 1. The zero-order chi connectivity index (χ0) is 15.8. The molecule has 1 fully saturated rings. The summed E-state index contributed by atoms with van der Waals surface area (Å²) in [5.74, 6) is -3.94. The maximum atomic E-state index is 13.7. The summed E-state index contributed by atoms with van der Waals surface area (Å²) in [7, 11) is 0. The lowest BCUT2D eigenvalue weighted by Gasteiger charge is -2.42. The fourth-order valence-corrected chi connectivity index (χ4v) is 3.52. The summed E-state index contributed by atoms with van der Waals surface area (Å²) in [5.41, 5.74) is 5.28. The molecule has 2 rings (SSSR count). The maximum Gasteiger partial charge on any atom is 0.311 e. The van der Waals surface area contributed by atoms with Gasteiger partial charge in [0.2, 0.25) is 0 Å². The zero-order valence-corrected chi connectivity index (χ0v) is 12.3. The van der Waals surface area contributed by atoms with Gasteiger partial charge in [0.05, 0.1) is 11.6 Å². The van der Waals surface area contributed by atoms with Gasteiger partial charge in [-0.05, 0) is 35.8 Å². The first-order valence-electron chi connectivity index (χ1n) is 7.21. The van der Waals surface area contributed by atoms with E-state index in [0.717, 1.165) is 31.7 Å². The highest BCUT2D eigenvalue weighted by atomic mass is 19.1. The Balaban J connectivity index is 2.52. The molecule has 116 valence electrons. The van der Waals surface area contributed by atoms with Crippen molar-refractivity contribution in [2.75, 3.05) is 5.73 Å². The summed E-state index contributed by atoms with van der Waals surface area (Å²) in [4.78, 5) is 11.8. The summed E-state index contributed by atoms with van der Waals surface area (Å²) < 4.78 is 27.2. The van der Waals surface area contributed by atoms with E-state index in [1.165, 1.54) is 0 Å². The first-order chi connectivity index (χ1) is 9.74. The fraction of sp³-hybridized carbons (Fsp3) is 0.562. The average Bonchev–Trinajstić information content (AvgIpc) is 2.36. The van der Waals surface area contributed by atoms with Gasteiger partial charge in [-0.15, -0.1) is 0 Å². The normalized spacial score (nSPS) is 22.8. The molecule has 1 aliphatic rings. The van der Waals surface area contributed by atoms with Gasteiger partial charge < -0.3 is 10.8 Å². The maximum absolute atomic E-state index is 13.7. The molecule has 0 amide bonds. The molecular formula is C16H21F2NO2. The van der Waals surface area contributed by atoms with E-state index in [4.69, 9.17) is 5.73 Å². The van der Waals surface area contributed by atoms with Gasteiger partial charge in [-0.2, -0.15) is 0 Å². The molecule has 3 nitrogen and oxygen atoms in total. The predicted octanol–water partition coefficient (Wildman–Crippen LogP) is 3.93. The Morgan fingerprint density at radius 2 is 2.05 bits per heavy atom. The number of nitrogens with two attached hydrogens (primary N) is 1. The van der Waals surface area contributed by atoms with Crippen LogP contribution in [0.5, 0.6) is 0 Å². The Morgan fingerprint density at radius 1 is 1.38 bits per heavy atom. The van der Waals surface area contributed by atoms with E-state index in [0.29, 0.717) is 6.07 Å². The summed E-state index contributed by atoms with van der Waals surface area (Å²) in [6, 6.07) is 1.74. The monoisotopic (exact) mass is 297 g/mol. The first-order valence-corrected chi connectivity index (χ1v) is 7.21. The molecule has 0 aromatic heterocycles. The molecule has 3 N–H and O–H groups in total. The van der Waals surface area contributed by atoms with E-state index in [2.05, 4.69) is 0 Å². The standard InChI is InChI=1S/C16H21F2NO2/c1-16(2)6-4-3-5-11(16)13(15(20)21)10-7-9(17)8-12(18)14(10)19/h7-8,11,13H,3-6,19H2,1-2H3,(H,20,21). The van der Waals surface area contributed by atoms with E-state index >= 15 is 0 Å². The van der Waals surface area contributed by atoms with Crippen molar-refractivity contribution in [2.24, 2.45) is 11.3 Å². The van der Waals surface area contributed by atoms with E-state index in [-0.39, 0.29) is 22.6 Å². The van der Waals surface area contributed by atoms with Crippen LogP contribution in [0.25, 0.3) is 0 Å². The summed E-state index contributed by atoms with van der Waals surface area (Å²) >= 11 is 0. The van der Waals surface area contributed by atoms with Gasteiger partial charge in [0.1, 0.15) is 11.6 Å². The number of hydrogen-bond acceptors (Lipinski definition) is 2. The molecule has 5 heteroatoms. The van der Waals surface area contributed by atoms with Crippen molar-refractivity contribution in [2.45, 2.75) is 45.4 Å². The first kappa shape index (κ1) is 15.7. The minimum absolute atomic E-state index is 0.0555. The zero-order valence-electron chi connectivity index (χ0n) is 12.3. The van der Waals surface area contributed by atoms with Crippen LogP contribution in [0.15, 0.2) is 12.1 Å². The fourth-order valence-electron chi connectivity index (χ4n) is 3.52. The van der Waals surface area contributed by atoms with Crippen molar-refractivity contribution >= 4 is 11.7 Å². The lowest BCUT2D eigenvalue weighted by atomic mass is 9.62. The van der Waals surface area contributed by atoms with Crippen LogP contribution in [0, 0.1) is 23.0 Å². The topological polar surface area (TPSA) is 63.3 Å². The summed E-state index contributed by atoms with van der Waals surface area (Å²) in [6.45, 7) is 4.03. The van der Waals surface area contributed by atoms with Crippen LogP contribution in [0.1, 0.15) is 51.0 Å². The van der Waals surface area contributed by atoms with Crippen molar-refractivity contribution in [1.29, 1.82) is 0 Å². The highest BCUT2D eigenvalue weighted by molar-refractivity contribution is 5.79. The van der Waals surface area contributed by atoms with Gasteiger partial charge in [0, 0.05) is 6.07 Å². The van der Waals surface area contributed by atoms with Crippen LogP contribution in [-0.2, 0) is 4.79 Å². The average molecular weight is 297 g/mol. The van der Waals surface area contributed by atoms with Crippen molar-refractivity contribution in [3.05, 3.63) is 29.3 Å². The third kappa shape index (κ3) is 3.01. The number of halogens is 2. The second kappa shape index (κ2) is 5.62. The van der Waals surface area contributed by atoms with Crippen LogP contribution in [0.3, 0.4) is 0 Å². The molecule has 2 atom stereocenters. The number of carboxylic acids is 1. The number of aliphatic carboxylic acids is 1. The number of carbonyl (C=O) groups is 1. The molecule has 0 heterocycles. The second-order valence-corrected chi connectivity index (χ2v) is 6.55. The Kier molecular flexibility index (Phi) is 4.21. The molecule has 0 saturated heterocycles. The Hall–Kier alpha value is -1.65. The van der Waals surface area contributed by atoms with E-state index in [1.807, 2.05) is 13.8 Å². The Bertz CT molecular complexity index is 557. The third-order valence-electron chi connectivity index (χ3n) is 4.72. The third-order valence-corrected chi connectivity index (χ3v) is 4.72. The number of nitrogen functional groups attached to an aromatic ring is 1.